The van der Waals surface area contributed by atoms with E-state index in [9.17, 15) is 9.59 Å². The number of hydrogen-bond donors (Lipinski definition) is 2. The Morgan fingerprint density at radius 1 is 1.15 bits per heavy atom. The van der Waals surface area contributed by atoms with Crippen molar-refractivity contribution >= 4 is 29.6 Å². The second-order valence-corrected chi connectivity index (χ2v) is 5.57. The SMILES string of the molecule is C=CCNC(=O)C(=O)N/N=C\c1ccc(OCc2ccccc2)c(Cl)c1. The molecule has 7 heteroatoms. The zero-order valence-corrected chi connectivity index (χ0v) is 14.7. The van der Waals surface area contributed by atoms with Crippen LogP contribution in [0.25, 0.3) is 0 Å². The molecule has 0 saturated heterocycles. The van der Waals surface area contributed by atoms with Gasteiger partial charge in [0.15, 0.2) is 0 Å². The molecule has 2 aromatic carbocycles. The Labute approximate surface area is 156 Å². The molecule has 0 atom stereocenters. The van der Waals surface area contributed by atoms with E-state index in [0.717, 1.165) is 5.56 Å². The van der Waals surface area contributed by atoms with Gasteiger partial charge in [-0.25, -0.2) is 5.43 Å². The third-order valence-corrected chi connectivity index (χ3v) is 3.48. The van der Waals surface area contributed by atoms with Gasteiger partial charge >= 0.3 is 11.8 Å². The number of ether oxygens (including phenoxy) is 1. The normalized spacial score (nSPS) is 10.3. The second kappa shape index (κ2) is 10.0. The minimum absolute atomic E-state index is 0.204. The van der Waals surface area contributed by atoms with E-state index in [1.807, 2.05) is 30.3 Å². The fourth-order valence-electron chi connectivity index (χ4n) is 1.91. The summed E-state index contributed by atoms with van der Waals surface area (Å²) in [5.41, 5.74) is 3.81. The van der Waals surface area contributed by atoms with E-state index in [2.05, 4.69) is 22.4 Å². The quantitative estimate of drug-likeness (QED) is 0.340. The Morgan fingerprint density at radius 3 is 2.62 bits per heavy atom. The van der Waals surface area contributed by atoms with E-state index in [0.29, 0.717) is 22.9 Å². The summed E-state index contributed by atoms with van der Waals surface area (Å²) in [6.07, 6.45) is 2.85. The van der Waals surface area contributed by atoms with Crippen molar-refractivity contribution in [1.82, 2.24) is 10.7 Å². The van der Waals surface area contributed by atoms with E-state index in [4.69, 9.17) is 16.3 Å². The maximum atomic E-state index is 11.5. The van der Waals surface area contributed by atoms with Crippen LogP contribution in [-0.4, -0.2) is 24.6 Å². The van der Waals surface area contributed by atoms with Crippen LogP contribution in [0.5, 0.6) is 5.75 Å². The summed E-state index contributed by atoms with van der Waals surface area (Å²) >= 11 is 6.20. The molecule has 0 saturated carbocycles. The molecule has 0 unspecified atom stereocenters. The van der Waals surface area contributed by atoms with Gasteiger partial charge < -0.3 is 10.1 Å². The standard InChI is InChI=1S/C19H18ClN3O3/c1-2-10-21-18(24)19(25)23-22-12-15-8-9-17(16(20)11-15)26-13-14-6-4-3-5-7-14/h2-9,11-12H,1,10,13H2,(H,21,24)(H,23,25)/b22-12-. The Morgan fingerprint density at radius 2 is 1.92 bits per heavy atom. The van der Waals surface area contributed by atoms with Crippen LogP contribution < -0.4 is 15.5 Å². The highest BCUT2D eigenvalue weighted by atomic mass is 35.5. The van der Waals surface area contributed by atoms with Crippen LogP contribution >= 0.6 is 11.6 Å². The topological polar surface area (TPSA) is 79.8 Å². The van der Waals surface area contributed by atoms with Gasteiger partial charge in [-0.15, -0.1) is 6.58 Å². The summed E-state index contributed by atoms with van der Waals surface area (Å²) in [6.45, 7) is 4.05. The second-order valence-electron chi connectivity index (χ2n) is 5.16. The maximum Gasteiger partial charge on any atom is 0.329 e. The van der Waals surface area contributed by atoms with Gasteiger partial charge in [-0.05, 0) is 29.3 Å². The van der Waals surface area contributed by atoms with E-state index in [1.54, 1.807) is 18.2 Å². The van der Waals surface area contributed by atoms with Crippen molar-refractivity contribution in [2.45, 2.75) is 6.61 Å². The Balaban J connectivity index is 1.89. The number of halogens is 1. The van der Waals surface area contributed by atoms with Gasteiger partial charge in [-0.3, -0.25) is 9.59 Å². The molecule has 2 aromatic rings. The predicted molar refractivity (Wildman–Crippen MR) is 101 cm³/mol. The van der Waals surface area contributed by atoms with Crippen LogP contribution in [-0.2, 0) is 16.2 Å². The first-order valence-electron chi connectivity index (χ1n) is 7.78. The Kier molecular flexibility index (Phi) is 7.39. The highest BCUT2D eigenvalue weighted by molar-refractivity contribution is 6.35. The highest BCUT2D eigenvalue weighted by Gasteiger charge is 2.10. The minimum atomic E-state index is -0.864. The van der Waals surface area contributed by atoms with Gasteiger partial charge in [0.2, 0.25) is 0 Å². The zero-order valence-electron chi connectivity index (χ0n) is 13.9. The van der Waals surface area contributed by atoms with Crippen molar-refractivity contribution in [2.75, 3.05) is 6.54 Å². The number of hydrazone groups is 1. The lowest BCUT2D eigenvalue weighted by atomic mass is 10.2. The monoisotopic (exact) mass is 371 g/mol. The molecule has 0 bridgehead atoms. The molecule has 0 spiro atoms. The number of hydrogen-bond acceptors (Lipinski definition) is 4. The van der Waals surface area contributed by atoms with Crippen LogP contribution in [0.1, 0.15) is 11.1 Å². The number of amides is 2. The summed E-state index contributed by atoms with van der Waals surface area (Å²) in [5.74, 6) is -1.11. The molecule has 0 aliphatic heterocycles. The van der Waals surface area contributed by atoms with Gasteiger partial charge in [0.05, 0.1) is 11.2 Å². The fraction of sp³-hybridized carbons (Fsp3) is 0.105. The van der Waals surface area contributed by atoms with E-state index < -0.39 is 11.8 Å². The smallest absolute Gasteiger partial charge is 0.329 e. The molecule has 0 radical (unpaired) electrons. The van der Waals surface area contributed by atoms with Gasteiger partial charge in [-0.1, -0.05) is 48.0 Å². The molecular formula is C19H18ClN3O3. The van der Waals surface area contributed by atoms with Gasteiger partial charge in [0.1, 0.15) is 12.4 Å². The lowest BCUT2D eigenvalue weighted by Gasteiger charge is -2.08. The Hall–Kier alpha value is -3.12. The molecule has 6 nitrogen and oxygen atoms in total. The molecule has 0 aliphatic rings. The van der Waals surface area contributed by atoms with Crippen LogP contribution in [0.3, 0.4) is 0 Å². The largest absolute Gasteiger partial charge is 0.487 e. The van der Waals surface area contributed by atoms with Crippen molar-refractivity contribution in [3.05, 3.63) is 77.3 Å². The van der Waals surface area contributed by atoms with Crippen LogP contribution in [0, 0.1) is 0 Å². The van der Waals surface area contributed by atoms with Crippen molar-refractivity contribution in [3.8, 4) is 5.75 Å². The predicted octanol–water partition coefficient (Wildman–Crippen LogP) is 2.67. The molecular weight excluding hydrogens is 354 g/mol. The van der Waals surface area contributed by atoms with E-state index in [-0.39, 0.29) is 6.54 Å². The molecule has 2 amide bonds. The molecule has 26 heavy (non-hydrogen) atoms. The average molecular weight is 372 g/mol. The highest BCUT2D eigenvalue weighted by Crippen LogP contribution is 2.25. The summed E-state index contributed by atoms with van der Waals surface area (Å²) in [5, 5.41) is 6.49. The number of nitrogens with zero attached hydrogens (tertiary/aromatic N) is 1. The van der Waals surface area contributed by atoms with Crippen LogP contribution in [0.4, 0.5) is 0 Å². The maximum absolute atomic E-state index is 11.5. The van der Waals surface area contributed by atoms with E-state index in [1.165, 1.54) is 12.3 Å². The van der Waals surface area contributed by atoms with Crippen LogP contribution in [0.2, 0.25) is 5.02 Å². The van der Waals surface area contributed by atoms with Crippen molar-refractivity contribution in [2.24, 2.45) is 5.10 Å². The number of carbonyl (C=O) groups is 2. The van der Waals surface area contributed by atoms with Gasteiger partial charge in [0, 0.05) is 6.54 Å². The molecule has 2 N–H and O–H groups in total. The summed E-state index contributed by atoms with van der Waals surface area (Å²) in [6, 6.07) is 14.8. The number of carbonyl (C=O) groups excluding carboxylic acids is 2. The average Bonchev–Trinajstić information content (AvgIpc) is 2.66. The summed E-state index contributed by atoms with van der Waals surface area (Å²) < 4.78 is 5.68. The molecule has 134 valence electrons. The minimum Gasteiger partial charge on any atom is -0.487 e. The molecule has 0 fully saturated rings. The molecule has 0 aliphatic carbocycles. The van der Waals surface area contributed by atoms with Crippen molar-refractivity contribution in [1.29, 1.82) is 0 Å². The lowest BCUT2D eigenvalue weighted by Crippen LogP contribution is -2.37. The lowest BCUT2D eigenvalue weighted by molar-refractivity contribution is -0.139. The van der Waals surface area contributed by atoms with Crippen molar-refractivity contribution in [3.63, 3.8) is 0 Å². The first-order valence-corrected chi connectivity index (χ1v) is 8.16. The van der Waals surface area contributed by atoms with E-state index >= 15 is 0 Å². The number of nitrogens with one attached hydrogen (secondary N) is 2. The third-order valence-electron chi connectivity index (χ3n) is 3.19. The zero-order chi connectivity index (χ0) is 18.8. The van der Waals surface area contributed by atoms with Gasteiger partial charge in [0.25, 0.3) is 0 Å². The number of benzene rings is 2. The van der Waals surface area contributed by atoms with Gasteiger partial charge in [-0.2, -0.15) is 5.10 Å². The summed E-state index contributed by atoms with van der Waals surface area (Å²) in [4.78, 5) is 22.8. The first kappa shape index (κ1) is 19.2. The third kappa shape index (κ3) is 6.07. The Bertz CT molecular complexity index is 807. The summed E-state index contributed by atoms with van der Waals surface area (Å²) in [7, 11) is 0. The van der Waals surface area contributed by atoms with Crippen LogP contribution in [0.15, 0.2) is 66.3 Å². The molecule has 0 aromatic heterocycles. The fourth-order valence-corrected chi connectivity index (χ4v) is 2.15. The first-order chi connectivity index (χ1) is 12.6. The molecule has 0 heterocycles. The van der Waals surface area contributed by atoms with Crippen molar-refractivity contribution < 1.29 is 14.3 Å². The number of rotatable bonds is 7. The molecule has 2 rings (SSSR count).